The molecule has 0 bridgehead atoms. The zero-order valence-electron chi connectivity index (χ0n) is 11.9. The van der Waals surface area contributed by atoms with Gasteiger partial charge in [-0.2, -0.15) is 0 Å². The summed E-state index contributed by atoms with van der Waals surface area (Å²) < 4.78 is 12.5. The first kappa shape index (κ1) is 15.8. The Hall–Kier alpha value is -0.630. The summed E-state index contributed by atoms with van der Waals surface area (Å²) in [5.41, 5.74) is 0.663. The fourth-order valence-corrected chi connectivity index (χ4v) is 3.06. The second-order valence-electron chi connectivity index (χ2n) is 5.57. The van der Waals surface area contributed by atoms with Crippen LogP contribution >= 0.6 is 38.5 Å². The van der Waals surface area contributed by atoms with E-state index in [0.29, 0.717) is 22.5 Å². The SMILES string of the molecule is COc1c(Br)c(I)c(C)c2c(=O)oc(C(C)(C)C)nc12. The van der Waals surface area contributed by atoms with Crippen molar-refractivity contribution < 1.29 is 9.15 Å². The van der Waals surface area contributed by atoms with Gasteiger partial charge in [-0.25, -0.2) is 9.78 Å². The topological polar surface area (TPSA) is 52.3 Å². The molecule has 1 aromatic heterocycles. The van der Waals surface area contributed by atoms with E-state index in [0.717, 1.165) is 13.6 Å². The van der Waals surface area contributed by atoms with Crippen LogP contribution in [0.5, 0.6) is 5.75 Å². The van der Waals surface area contributed by atoms with E-state index < -0.39 is 0 Å². The maximum Gasteiger partial charge on any atom is 0.347 e. The van der Waals surface area contributed by atoms with Crippen LogP contribution in [0.25, 0.3) is 10.9 Å². The van der Waals surface area contributed by atoms with Crippen molar-refractivity contribution in [1.29, 1.82) is 0 Å². The normalized spacial score (nSPS) is 11.9. The molecule has 1 aromatic carbocycles. The van der Waals surface area contributed by atoms with Gasteiger partial charge in [0.05, 0.1) is 17.0 Å². The Morgan fingerprint density at radius 3 is 2.45 bits per heavy atom. The lowest BCUT2D eigenvalue weighted by molar-refractivity contribution is 0.357. The first-order chi connectivity index (χ1) is 9.18. The van der Waals surface area contributed by atoms with E-state index in [2.05, 4.69) is 43.5 Å². The summed E-state index contributed by atoms with van der Waals surface area (Å²) in [5.74, 6) is 0.967. The van der Waals surface area contributed by atoms with Crippen molar-refractivity contribution in [3.8, 4) is 5.75 Å². The van der Waals surface area contributed by atoms with Crippen LogP contribution < -0.4 is 10.4 Å². The Bertz CT molecular complexity index is 747. The Morgan fingerprint density at radius 2 is 1.95 bits per heavy atom. The van der Waals surface area contributed by atoms with E-state index >= 15 is 0 Å². The van der Waals surface area contributed by atoms with Gasteiger partial charge in [0.15, 0.2) is 5.75 Å². The summed E-state index contributed by atoms with van der Waals surface area (Å²) in [6, 6.07) is 0. The molecule has 0 saturated heterocycles. The van der Waals surface area contributed by atoms with E-state index in [1.165, 1.54) is 0 Å². The largest absolute Gasteiger partial charge is 0.493 e. The van der Waals surface area contributed by atoms with Gasteiger partial charge in [0.1, 0.15) is 5.52 Å². The number of fused-ring (bicyclic) bond motifs is 1. The predicted molar refractivity (Wildman–Crippen MR) is 90.7 cm³/mol. The third kappa shape index (κ3) is 2.47. The molecule has 0 aliphatic heterocycles. The lowest BCUT2D eigenvalue weighted by Crippen LogP contribution is -2.18. The summed E-state index contributed by atoms with van der Waals surface area (Å²) in [4.78, 5) is 16.8. The van der Waals surface area contributed by atoms with Crippen LogP contribution in [0.2, 0.25) is 0 Å². The molecule has 20 heavy (non-hydrogen) atoms. The average Bonchev–Trinajstić information content (AvgIpc) is 2.35. The second-order valence-corrected chi connectivity index (χ2v) is 7.44. The highest BCUT2D eigenvalue weighted by Gasteiger charge is 2.25. The number of hydrogen-bond acceptors (Lipinski definition) is 4. The highest BCUT2D eigenvalue weighted by atomic mass is 127. The molecule has 108 valence electrons. The number of ether oxygens (including phenoxy) is 1. The van der Waals surface area contributed by atoms with E-state index in [1.807, 2.05) is 27.7 Å². The molecule has 0 amide bonds. The first-order valence-electron chi connectivity index (χ1n) is 6.05. The summed E-state index contributed by atoms with van der Waals surface area (Å²) in [5, 5.41) is 0.474. The van der Waals surface area contributed by atoms with Crippen molar-refractivity contribution in [2.24, 2.45) is 0 Å². The van der Waals surface area contributed by atoms with E-state index in [9.17, 15) is 4.79 Å². The van der Waals surface area contributed by atoms with Gasteiger partial charge in [-0.05, 0) is 51.0 Å². The van der Waals surface area contributed by atoms with Crippen LogP contribution in [-0.2, 0) is 5.41 Å². The standard InChI is InChI=1S/C14H15BrINO3/c1-6-7-10(11(19-5)8(15)9(6)16)17-13(14(2,3)4)20-12(7)18/h1-5H3. The second kappa shape index (κ2) is 5.29. The fraction of sp³-hybridized carbons (Fsp3) is 0.429. The summed E-state index contributed by atoms with van der Waals surface area (Å²) in [6.45, 7) is 7.73. The van der Waals surface area contributed by atoms with Crippen molar-refractivity contribution in [3.05, 3.63) is 29.9 Å². The molecule has 4 nitrogen and oxygen atoms in total. The third-order valence-electron chi connectivity index (χ3n) is 3.00. The molecule has 2 rings (SSSR count). The Balaban J connectivity index is 3.04. The highest BCUT2D eigenvalue weighted by Crippen LogP contribution is 2.38. The average molecular weight is 452 g/mol. The van der Waals surface area contributed by atoms with Gasteiger partial charge in [-0.3, -0.25) is 0 Å². The van der Waals surface area contributed by atoms with Crippen molar-refractivity contribution in [1.82, 2.24) is 4.98 Å². The maximum absolute atomic E-state index is 12.3. The molecule has 6 heteroatoms. The molecule has 0 aliphatic rings. The van der Waals surface area contributed by atoms with Gasteiger partial charge in [0.2, 0.25) is 5.89 Å². The van der Waals surface area contributed by atoms with Crippen LogP contribution in [0.3, 0.4) is 0 Å². The van der Waals surface area contributed by atoms with Crippen LogP contribution in [0.15, 0.2) is 13.7 Å². The van der Waals surface area contributed by atoms with Crippen molar-refractivity contribution in [2.75, 3.05) is 7.11 Å². The maximum atomic E-state index is 12.3. The number of methoxy groups -OCH3 is 1. The molecule has 0 aliphatic carbocycles. The lowest BCUT2D eigenvalue weighted by Gasteiger charge is -2.17. The minimum Gasteiger partial charge on any atom is -0.493 e. The molecular formula is C14H15BrINO3. The summed E-state index contributed by atoms with van der Waals surface area (Å²) in [7, 11) is 1.57. The monoisotopic (exact) mass is 451 g/mol. The number of rotatable bonds is 1. The summed E-state index contributed by atoms with van der Waals surface area (Å²) >= 11 is 5.68. The number of aryl methyl sites for hydroxylation is 1. The van der Waals surface area contributed by atoms with E-state index in [-0.39, 0.29) is 11.0 Å². The zero-order chi connectivity index (χ0) is 15.2. The first-order valence-corrected chi connectivity index (χ1v) is 7.92. The number of nitrogens with zero attached hydrogens (tertiary/aromatic N) is 1. The van der Waals surface area contributed by atoms with Gasteiger partial charge in [0, 0.05) is 8.99 Å². The van der Waals surface area contributed by atoms with Crippen LogP contribution in [0, 0.1) is 10.5 Å². The molecule has 0 fully saturated rings. The summed E-state index contributed by atoms with van der Waals surface area (Å²) in [6.07, 6.45) is 0. The minimum absolute atomic E-state index is 0.345. The van der Waals surface area contributed by atoms with Crippen molar-refractivity contribution >= 4 is 49.4 Å². The van der Waals surface area contributed by atoms with Gasteiger partial charge in [-0.15, -0.1) is 0 Å². The molecule has 0 unspecified atom stereocenters. The quantitative estimate of drug-likeness (QED) is 0.610. The van der Waals surface area contributed by atoms with Gasteiger partial charge in [0.25, 0.3) is 0 Å². The van der Waals surface area contributed by atoms with Crippen molar-refractivity contribution in [2.45, 2.75) is 33.1 Å². The van der Waals surface area contributed by atoms with Gasteiger partial charge in [-0.1, -0.05) is 20.8 Å². The van der Waals surface area contributed by atoms with Crippen molar-refractivity contribution in [3.63, 3.8) is 0 Å². The lowest BCUT2D eigenvalue weighted by atomic mass is 9.96. The molecule has 0 radical (unpaired) electrons. The zero-order valence-corrected chi connectivity index (χ0v) is 15.7. The molecule has 1 heterocycles. The molecule has 2 aromatic rings. The van der Waals surface area contributed by atoms with E-state index in [1.54, 1.807) is 7.11 Å². The number of halogens is 2. The molecular weight excluding hydrogens is 437 g/mol. The van der Waals surface area contributed by atoms with Gasteiger partial charge < -0.3 is 9.15 Å². The van der Waals surface area contributed by atoms with E-state index in [4.69, 9.17) is 9.15 Å². The number of hydrogen-bond donors (Lipinski definition) is 0. The molecule has 0 atom stereocenters. The molecule has 0 N–H and O–H groups in total. The molecule has 0 spiro atoms. The molecule has 0 saturated carbocycles. The Labute approximate surface area is 139 Å². The highest BCUT2D eigenvalue weighted by molar-refractivity contribution is 14.1. The Kier molecular flexibility index (Phi) is 4.17. The number of benzene rings is 1. The fourth-order valence-electron chi connectivity index (χ4n) is 1.90. The van der Waals surface area contributed by atoms with Crippen LogP contribution in [-0.4, -0.2) is 12.1 Å². The van der Waals surface area contributed by atoms with Crippen LogP contribution in [0.1, 0.15) is 32.2 Å². The predicted octanol–water partition coefficient (Wildman–Crippen LogP) is 4.17. The smallest absolute Gasteiger partial charge is 0.347 e. The van der Waals surface area contributed by atoms with Gasteiger partial charge >= 0.3 is 5.63 Å². The Morgan fingerprint density at radius 1 is 1.35 bits per heavy atom. The minimum atomic E-state index is -0.374. The third-order valence-corrected chi connectivity index (χ3v) is 5.85. The van der Waals surface area contributed by atoms with Crippen LogP contribution in [0.4, 0.5) is 0 Å². The number of aromatic nitrogens is 1.